The highest BCUT2D eigenvalue weighted by Crippen LogP contribution is 2.28. The van der Waals surface area contributed by atoms with E-state index in [2.05, 4.69) is 24.1 Å². The van der Waals surface area contributed by atoms with E-state index in [1.165, 1.54) is 6.42 Å². The van der Waals surface area contributed by atoms with Crippen molar-refractivity contribution in [2.75, 3.05) is 31.6 Å². The zero-order chi connectivity index (χ0) is 17.7. The first-order valence-corrected chi connectivity index (χ1v) is 9.21. The van der Waals surface area contributed by atoms with E-state index in [4.69, 9.17) is 39.5 Å². The molecule has 0 spiro atoms. The molecule has 0 saturated carbocycles. The Morgan fingerprint density at radius 1 is 1.21 bits per heavy atom. The number of halogens is 3. The van der Waals surface area contributed by atoms with Crippen molar-refractivity contribution in [1.29, 1.82) is 0 Å². The minimum absolute atomic E-state index is 0.553. The zero-order valence-corrected chi connectivity index (χ0v) is 16.2. The predicted molar refractivity (Wildman–Crippen MR) is 100 cm³/mol. The molecule has 1 amide bonds. The molecule has 1 N–H and O–H groups in total. The van der Waals surface area contributed by atoms with Crippen LogP contribution in [-0.4, -0.2) is 40.8 Å². The van der Waals surface area contributed by atoms with Gasteiger partial charge in [0.05, 0.1) is 0 Å². The van der Waals surface area contributed by atoms with E-state index >= 15 is 0 Å². The van der Waals surface area contributed by atoms with Crippen LogP contribution in [0.25, 0.3) is 0 Å². The van der Waals surface area contributed by atoms with Crippen LogP contribution in [0.3, 0.4) is 0 Å². The van der Waals surface area contributed by atoms with E-state index in [0.717, 1.165) is 37.2 Å². The van der Waals surface area contributed by atoms with Gasteiger partial charge in [0.15, 0.2) is 0 Å². The number of carbonyl (C=O) groups is 1. The highest BCUT2D eigenvalue weighted by molar-refractivity contribution is 6.76. The lowest BCUT2D eigenvalue weighted by Crippen LogP contribution is -2.40. The van der Waals surface area contributed by atoms with E-state index < -0.39 is 9.70 Å². The Kier molecular flexibility index (Phi) is 7.05. The van der Waals surface area contributed by atoms with Gasteiger partial charge in [0, 0.05) is 25.3 Å². The van der Waals surface area contributed by atoms with E-state index in [9.17, 15) is 4.79 Å². The van der Waals surface area contributed by atoms with Crippen molar-refractivity contribution in [3.05, 3.63) is 24.3 Å². The second kappa shape index (κ2) is 8.61. The van der Waals surface area contributed by atoms with Gasteiger partial charge < -0.3 is 10.1 Å². The van der Waals surface area contributed by atoms with Crippen LogP contribution in [0.2, 0.25) is 0 Å². The number of benzene rings is 1. The summed E-state index contributed by atoms with van der Waals surface area (Å²) < 4.78 is 3.80. The number of piperidine rings is 1. The van der Waals surface area contributed by atoms with Crippen LogP contribution in [-0.2, 0) is 4.79 Å². The molecule has 0 aliphatic carbocycles. The van der Waals surface area contributed by atoms with Gasteiger partial charge in [0.1, 0.15) is 12.4 Å². The molecule has 1 aromatic rings. The van der Waals surface area contributed by atoms with Crippen LogP contribution in [0.15, 0.2) is 24.3 Å². The largest absolute Gasteiger partial charge is 0.492 e. The lowest BCUT2D eigenvalue weighted by molar-refractivity contribution is -0.115. The molecule has 24 heavy (non-hydrogen) atoms. The van der Waals surface area contributed by atoms with Gasteiger partial charge in [-0.05, 0) is 42.5 Å². The summed E-state index contributed by atoms with van der Waals surface area (Å²) in [6, 6.07) is 7.01. The Morgan fingerprint density at radius 3 is 2.33 bits per heavy atom. The van der Waals surface area contributed by atoms with Gasteiger partial charge in [-0.25, -0.2) is 0 Å². The Balaban J connectivity index is 1.77. The number of anilines is 1. The van der Waals surface area contributed by atoms with E-state index in [1.54, 1.807) is 24.3 Å². The quantitative estimate of drug-likeness (QED) is 0.756. The number of carbonyl (C=O) groups excluding carboxylic acids is 1. The molecule has 1 fully saturated rings. The average Bonchev–Trinajstić information content (AvgIpc) is 2.47. The maximum Gasteiger partial charge on any atom is 0.276 e. The minimum Gasteiger partial charge on any atom is -0.492 e. The molecule has 1 aromatic carbocycles. The maximum absolute atomic E-state index is 11.6. The van der Waals surface area contributed by atoms with Crippen molar-refractivity contribution < 1.29 is 9.53 Å². The predicted octanol–water partition coefficient (Wildman–Crippen LogP) is 4.35. The molecule has 0 radical (unpaired) electrons. The van der Waals surface area contributed by atoms with Gasteiger partial charge in [0.2, 0.25) is 0 Å². The molecule has 1 aliphatic heterocycles. The molecule has 134 valence electrons. The van der Waals surface area contributed by atoms with Gasteiger partial charge in [-0.1, -0.05) is 48.7 Å². The van der Waals surface area contributed by atoms with Crippen LogP contribution < -0.4 is 10.1 Å². The fraction of sp³-hybridized carbons (Fsp3) is 0.588. The summed E-state index contributed by atoms with van der Waals surface area (Å²) in [6.45, 7) is 8.42. The van der Waals surface area contributed by atoms with Crippen LogP contribution in [0.5, 0.6) is 5.75 Å². The molecular weight excluding hydrogens is 371 g/mol. The monoisotopic (exact) mass is 392 g/mol. The number of nitrogens with zero attached hydrogens (tertiary/aromatic N) is 1. The first-order chi connectivity index (χ1) is 11.2. The topological polar surface area (TPSA) is 41.6 Å². The summed E-state index contributed by atoms with van der Waals surface area (Å²) in [6.07, 6.45) is 1.30. The summed E-state index contributed by atoms with van der Waals surface area (Å²) in [5.74, 6) is 1.55. The molecule has 0 bridgehead atoms. The maximum atomic E-state index is 11.6. The van der Waals surface area contributed by atoms with Crippen molar-refractivity contribution in [2.45, 2.75) is 24.1 Å². The molecule has 4 nitrogen and oxygen atoms in total. The van der Waals surface area contributed by atoms with Crippen molar-refractivity contribution in [1.82, 2.24) is 4.90 Å². The highest BCUT2D eigenvalue weighted by atomic mass is 35.6. The second-order valence-corrected chi connectivity index (χ2v) is 8.81. The molecular formula is C17H23Cl3N2O2. The van der Waals surface area contributed by atoms with Gasteiger partial charge >= 0.3 is 0 Å². The minimum atomic E-state index is -1.97. The number of ether oxygens (including phenoxy) is 1. The van der Waals surface area contributed by atoms with Gasteiger partial charge in [-0.15, -0.1) is 0 Å². The van der Waals surface area contributed by atoms with Crippen molar-refractivity contribution in [2.24, 2.45) is 11.8 Å². The normalized spacial score (nSPS) is 22.2. The first-order valence-electron chi connectivity index (χ1n) is 8.07. The smallest absolute Gasteiger partial charge is 0.276 e. The Labute approximate surface area is 158 Å². The molecule has 0 aromatic heterocycles. The fourth-order valence-corrected chi connectivity index (χ4v) is 3.25. The first kappa shape index (κ1) is 19.6. The van der Waals surface area contributed by atoms with Crippen LogP contribution >= 0.6 is 34.8 Å². The standard InChI is InChI=1S/C17H23Cl3N2O2/c1-12-9-13(2)11-22(10-12)7-8-24-15-5-3-14(4-6-15)21-16(23)17(18,19)20/h3-6,12-13H,7-11H2,1-2H3,(H,21,23)/t12-,13-/m1/s1. The summed E-state index contributed by atoms with van der Waals surface area (Å²) in [4.78, 5) is 14.0. The SMILES string of the molecule is C[C@@H]1C[C@@H](C)CN(CCOc2ccc(NC(=O)C(Cl)(Cl)Cl)cc2)C1. The molecule has 0 unspecified atom stereocenters. The summed E-state index contributed by atoms with van der Waals surface area (Å²) in [5.41, 5.74) is 0.553. The lowest BCUT2D eigenvalue weighted by atomic mass is 9.92. The van der Waals surface area contributed by atoms with Crippen LogP contribution in [0.1, 0.15) is 20.3 Å². The molecule has 2 atom stereocenters. The third kappa shape index (κ3) is 6.32. The number of rotatable bonds is 5. The number of alkyl halides is 3. The zero-order valence-electron chi connectivity index (χ0n) is 13.9. The Hall–Kier alpha value is -0.680. The third-order valence-electron chi connectivity index (χ3n) is 3.99. The van der Waals surface area contributed by atoms with Crippen LogP contribution in [0.4, 0.5) is 5.69 Å². The van der Waals surface area contributed by atoms with Crippen molar-refractivity contribution in [3.8, 4) is 5.75 Å². The number of hydrogen-bond acceptors (Lipinski definition) is 3. The molecule has 1 aliphatic rings. The number of nitrogens with one attached hydrogen (secondary N) is 1. The number of amides is 1. The van der Waals surface area contributed by atoms with Crippen molar-refractivity contribution in [3.63, 3.8) is 0 Å². The van der Waals surface area contributed by atoms with Crippen LogP contribution in [0, 0.1) is 11.8 Å². The average molecular weight is 394 g/mol. The van der Waals surface area contributed by atoms with E-state index in [1.807, 2.05) is 0 Å². The summed E-state index contributed by atoms with van der Waals surface area (Å²) in [5, 5.41) is 2.53. The highest BCUT2D eigenvalue weighted by Gasteiger charge is 2.30. The molecule has 7 heteroatoms. The summed E-state index contributed by atoms with van der Waals surface area (Å²) >= 11 is 16.6. The van der Waals surface area contributed by atoms with E-state index in [-0.39, 0.29) is 0 Å². The Morgan fingerprint density at radius 2 is 1.79 bits per heavy atom. The molecule has 1 saturated heterocycles. The number of likely N-dealkylation sites (tertiary alicyclic amines) is 1. The second-order valence-electron chi connectivity index (χ2n) is 6.53. The van der Waals surface area contributed by atoms with E-state index in [0.29, 0.717) is 12.3 Å². The van der Waals surface area contributed by atoms with Gasteiger partial charge in [-0.2, -0.15) is 0 Å². The molecule has 1 heterocycles. The molecule has 2 rings (SSSR count). The number of hydrogen-bond donors (Lipinski definition) is 1. The summed E-state index contributed by atoms with van der Waals surface area (Å²) in [7, 11) is 0. The fourth-order valence-electron chi connectivity index (χ4n) is 3.10. The van der Waals surface area contributed by atoms with Gasteiger partial charge in [-0.3, -0.25) is 9.69 Å². The third-order valence-corrected chi connectivity index (χ3v) is 4.51. The van der Waals surface area contributed by atoms with Gasteiger partial charge in [0.25, 0.3) is 9.70 Å². The Bertz CT molecular complexity index is 536. The lowest BCUT2D eigenvalue weighted by Gasteiger charge is -2.34. The van der Waals surface area contributed by atoms with Crippen molar-refractivity contribution >= 4 is 46.4 Å².